The molecule has 0 aliphatic carbocycles. The van der Waals surface area contributed by atoms with E-state index in [-0.39, 0.29) is 12.6 Å². The number of aliphatic hydroxyl groups excluding tert-OH is 1. The highest BCUT2D eigenvalue weighted by atomic mass is 16.5. The minimum Gasteiger partial charge on any atom is -0.394 e. The monoisotopic (exact) mass is 349 g/mol. The quantitative estimate of drug-likeness (QED) is 0.720. The Morgan fingerprint density at radius 1 is 1.28 bits per heavy atom. The maximum atomic E-state index is 9.49. The molecule has 2 saturated heterocycles. The molecule has 2 fully saturated rings. The molecule has 7 nitrogen and oxygen atoms in total. The Balaban J connectivity index is 1.45. The maximum absolute atomic E-state index is 9.49. The highest BCUT2D eigenvalue weighted by Gasteiger charge is 2.25. The lowest BCUT2D eigenvalue weighted by molar-refractivity contribution is -0.0678. The fourth-order valence-electron chi connectivity index (χ4n) is 3.91. The first kappa shape index (κ1) is 18.4. The first-order valence-electron chi connectivity index (χ1n) is 9.47. The summed E-state index contributed by atoms with van der Waals surface area (Å²) in [5.74, 6) is 1.77. The van der Waals surface area contributed by atoms with Crippen molar-refractivity contribution in [2.75, 3.05) is 49.5 Å². The number of nitrogens with zero attached hydrogens (tertiary/aromatic N) is 4. The molecule has 0 radical (unpaired) electrons. The summed E-state index contributed by atoms with van der Waals surface area (Å²) < 4.78 is 5.78. The lowest BCUT2D eigenvalue weighted by Gasteiger charge is -2.35. The van der Waals surface area contributed by atoms with Crippen molar-refractivity contribution in [3.05, 3.63) is 12.4 Å². The molecule has 25 heavy (non-hydrogen) atoms. The lowest BCUT2D eigenvalue weighted by Crippen LogP contribution is -2.45. The Morgan fingerprint density at radius 3 is 2.84 bits per heavy atom. The van der Waals surface area contributed by atoms with E-state index in [1.54, 1.807) is 6.33 Å². The Morgan fingerprint density at radius 2 is 2.08 bits per heavy atom. The molecule has 2 aliphatic heterocycles. The highest BCUT2D eigenvalue weighted by molar-refractivity contribution is 5.49. The molecule has 0 aromatic carbocycles. The van der Waals surface area contributed by atoms with E-state index in [0.29, 0.717) is 12.2 Å². The van der Waals surface area contributed by atoms with E-state index in [1.165, 1.54) is 0 Å². The Kier molecular flexibility index (Phi) is 6.45. The van der Waals surface area contributed by atoms with E-state index < -0.39 is 0 Å². The van der Waals surface area contributed by atoms with Crippen LogP contribution in [0.4, 0.5) is 11.6 Å². The van der Waals surface area contributed by atoms with Crippen LogP contribution in [0.3, 0.4) is 0 Å². The van der Waals surface area contributed by atoms with Crippen LogP contribution in [0.5, 0.6) is 0 Å². The van der Waals surface area contributed by atoms with Crippen LogP contribution in [0, 0.1) is 0 Å². The SMILES string of the molecule is CC1CN(CCCNc2cc(N3CCCC3CO)ncn2)CC(C)O1. The van der Waals surface area contributed by atoms with Crippen molar-refractivity contribution in [3.8, 4) is 0 Å². The smallest absolute Gasteiger partial charge is 0.134 e. The molecule has 7 heteroatoms. The van der Waals surface area contributed by atoms with E-state index in [4.69, 9.17) is 4.74 Å². The van der Waals surface area contributed by atoms with Crippen LogP contribution in [-0.2, 0) is 4.74 Å². The van der Waals surface area contributed by atoms with Crippen LogP contribution in [0.1, 0.15) is 33.1 Å². The van der Waals surface area contributed by atoms with Crippen molar-refractivity contribution in [3.63, 3.8) is 0 Å². The van der Waals surface area contributed by atoms with Crippen molar-refractivity contribution >= 4 is 11.6 Å². The molecule has 3 heterocycles. The average molecular weight is 349 g/mol. The maximum Gasteiger partial charge on any atom is 0.134 e. The Bertz CT molecular complexity index is 534. The lowest BCUT2D eigenvalue weighted by atomic mass is 10.2. The number of anilines is 2. The van der Waals surface area contributed by atoms with Gasteiger partial charge in [-0.1, -0.05) is 0 Å². The van der Waals surface area contributed by atoms with Gasteiger partial charge in [-0.3, -0.25) is 4.90 Å². The van der Waals surface area contributed by atoms with Crippen molar-refractivity contribution in [1.29, 1.82) is 0 Å². The van der Waals surface area contributed by atoms with E-state index in [1.807, 2.05) is 6.07 Å². The van der Waals surface area contributed by atoms with E-state index >= 15 is 0 Å². The number of morpholine rings is 1. The topological polar surface area (TPSA) is 73.8 Å². The second-order valence-corrected chi connectivity index (χ2v) is 7.23. The van der Waals surface area contributed by atoms with Crippen LogP contribution >= 0.6 is 0 Å². The predicted molar refractivity (Wildman–Crippen MR) is 99.0 cm³/mol. The number of aliphatic hydroxyl groups is 1. The van der Waals surface area contributed by atoms with Crippen LogP contribution in [0.25, 0.3) is 0 Å². The molecule has 1 aromatic rings. The molecule has 3 atom stereocenters. The summed E-state index contributed by atoms with van der Waals surface area (Å²) in [5.41, 5.74) is 0. The van der Waals surface area contributed by atoms with E-state index in [2.05, 4.69) is 38.9 Å². The van der Waals surface area contributed by atoms with Gasteiger partial charge in [-0.25, -0.2) is 9.97 Å². The van der Waals surface area contributed by atoms with Gasteiger partial charge in [0.05, 0.1) is 24.9 Å². The second kappa shape index (κ2) is 8.78. The standard InChI is InChI=1S/C18H31N5O2/c1-14-10-22(11-15(2)25-14)7-4-6-19-17-9-18(21-13-20-17)23-8-3-5-16(23)12-24/h9,13-16,24H,3-8,10-12H2,1-2H3,(H,19,20,21). The molecule has 2 N–H and O–H groups in total. The number of hydrogen-bond donors (Lipinski definition) is 2. The predicted octanol–water partition coefficient (Wildman–Crippen LogP) is 1.35. The van der Waals surface area contributed by atoms with Gasteiger partial charge >= 0.3 is 0 Å². The van der Waals surface area contributed by atoms with Crippen LogP contribution < -0.4 is 10.2 Å². The summed E-state index contributed by atoms with van der Waals surface area (Å²) in [6.07, 6.45) is 5.45. The van der Waals surface area contributed by atoms with Gasteiger partial charge in [-0.15, -0.1) is 0 Å². The zero-order valence-corrected chi connectivity index (χ0v) is 15.4. The number of rotatable bonds is 7. The molecule has 1 aromatic heterocycles. The average Bonchev–Trinajstić information content (AvgIpc) is 3.07. The molecule has 140 valence electrons. The van der Waals surface area contributed by atoms with Gasteiger partial charge in [0.2, 0.25) is 0 Å². The molecule has 3 unspecified atom stereocenters. The van der Waals surface area contributed by atoms with Crippen LogP contribution in [-0.4, -0.2) is 77.6 Å². The summed E-state index contributed by atoms with van der Waals surface area (Å²) in [6, 6.07) is 2.18. The molecule has 3 rings (SSSR count). The highest BCUT2D eigenvalue weighted by Crippen LogP contribution is 2.24. The van der Waals surface area contributed by atoms with Gasteiger partial charge in [0.25, 0.3) is 0 Å². The first-order valence-corrected chi connectivity index (χ1v) is 9.47. The summed E-state index contributed by atoms with van der Waals surface area (Å²) in [6.45, 7) is 9.40. The molecular formula is C18H31N5O2. The van der Waals surface area contributed by atoms with Gasteiger partial charge in [0.1, 0.15) is 18.0 Å². The van der Waals surface area contributed by atoms with Gasteiger partial charge in [0, 0.05) is 38.8 Å². The number of aromatic nitrogens is 2. The third-order valence-electron chi connectivity index (χ3n) is 4.99. The zero-order chi connectivity index (χ0) is 17.6. The summed E-state index contributed by atoms with van der Waals surface area (Å²) in [4.78, 5) is 13.4. The van der Waals surface area contributed by atoms with Crippen LogP contribution in [0.2, 0.25) is 0 Å². The largest absolute Gasteiger partial charge is 0.394 e. The van der Waals surface area contributed by atoms with Crippen molar-refractivity contribution in [2.45, 2.75) is 51.4 Å². The fraction of sp³-hybridized carbons (Fsp3) is 0.778. The number of hydrogen-bond acceptors (Lipinski definition) is 7. The van der Waals surface area contributed by atoms with Crippen molar-refractivity contribution in [1.82, 2.24) is 14.9 Å². The second-order valence-electron chi connectivity index (χ2n) is 7.23. The number of nitrogens with one attached hydrogen (secondary N) is 1. The zero-order valence-electron chi connectivity index (χ0n) is 15.4. The normalized spacial score (nSPS) is 27.6. The van der Waals surface area contributed by atoms with Gasteiger partial charge < -0.3 is 20.1 Å². The summed E-state index contributed by atoms with van der Waals surface area (Å²) in [7, 11) is 0. The van der Waals surface area contributed by atoms with E-state index in [0.717, 1.165) is 63.6 Å². The minimum atomic E-state index is 0.184. The molecule has 0 bridgehead atoms. The van der Waals surface area contributed by atoms with Gasteiger partial charge in [-0.2, -0.15) is 0 Å². The Hall–Kier alpha value is -1.44. The first-order chi connectivity index (χ1) is 12.2. The van der Waals surface area contributed by atoms with Crippen molar-refractivity contribution < 1.29 is 9.84 Å². The van der Waals surface area contributed by atoms with Crippen LogP contribution in [0.15, 0.2) is 12.4 Å². The van der Waals surface area contributed by atoms with E-state index in [9.17, 15) is 5.11 Å². The third-order valence-corrected chi connectivity index (χ3v) is 4.99. The molecule has 0 spiro atoms. The molecular weight excluding hydrogens is 318 g/mol. The Labute approximate surface area is 150 Å². The fourth-order valence-corrected chi connectivity index (χ4v) is 3.91. The molecule has 2 aliphatic rings. The summed E-state index contributed by atoms with van der Waals surface area (Å²) >= 11 is 0. The van der Waals surface area contributed by atoms with Crippen molar-refractivity contribution in [2.24, 2.45) is 0 Å². The minimum absolute atomic E-state index is 0.184. The number of ether oxygens (including phenoxy) is 1. The molecule has 0 saturated carbocycles. The molecule has 0 amide bonds. The van der Waals surface area contributed by atoms with Gasteiger partial charge in [-0.05, 0) is 33.1 Å². The summed E-state index contributed by atoms with van der Waals surface area (Å²) in [5, 5.41) is 12.9. The van der Waals surface area contributed by atoms with Gasteiger partial charge in [0.15, 0.2) is 0 Å². The third kappa shape index (κ3) is 5.03.